The van der Waals surface area contributed by atoms with Crippen molar-refractivity contribution in [1.29, 1.82) is 0 Å². The number of hydrogen-bond donors (Lipinski definition) is 1. The molecule has 136 valence electrons. The Morgan fingerprint density at radius 1 is 1.04 bits per heavy atom. The van der Waals surface area contributed by atoms with Crippen molar-refractivity contribution in [3.8, 4) is 0 Å². The summed E-state index contributed by atoms with van der Waals surface area (Å²) in [6, 6.07) is 16.5. The molecule has 0 unspecified atom stereocenters. The van der Waals surface area contributed by atoms with Gasteiger partial charge in [0.1, 0.15) is 0 Å². The van der Waals surface area contributed by atoms with Crippen LogP contribution in [0.5, 0.6) is 0 Å². The molecule has 2 amide bonds. The number of hydrogen-bond acceptors (Lipinski definition) is 3. The number of nitrogens with zero attached hydrogens (tertiary/aromatic N) is 2. The van der Waals surface area contributed by atoms with Crippen molar-refractivity contribution in [2.45, 2.75) is 19.0 Å². The van der Waals surface area contributed by atoms with E-state index in [2.05, 4.69) is 0 Å². The summed E-state index contributed by atoms with van der Waals surface area (Å²) in [7, 11) is 0. The molecule has 1 aliphatic rings. The Kier molecular flexibility index (Phi) is 5.91. The van der Waals surface area contributed by atoms with Crippen LogP contribution in [0.1, 0.15) is 11.1 Å². The molecule has 1 heterocycles. The first-order valence-corrected chi connectivity index (χ1v) is 9.01. The van der Waals surface area contributed by atoms with Gasteiger partial charge in [-0.15, -0.1) is 0 Å². The monoisotopic (exact) mass is 371 g/mol. The molecule has 5 nitrogen and oxygen atoms in total. The van der Waals surface area contributed by atoms with Crippen LogP contribution in [0.25, 0.3) is 0 Å². The van der Waals surface area contributed by atoms with E-state index < -0.39 is 6.04 Å². The highest BCUT2D eigenvalue weighted by Gasteiger charge is 2.29. The van der Waals surface area contributed by atoms with Crippen LogP contribution < -0.4 is 5.73 Å². The lowest BCUT2D eigenvalue weighted by molar-refractivity contribution is -0.146. The van der Waals surface area contributed by atoms with E-state index in [4.69, 9.17) is 17.3 Å². The molecule has 2 aromatic carbocycles. The lowest BCUT2D eigenvalue weighted by Crippen LogP contribution is -2.55. The molecule has 0 radical (unpaired) electrons. The molecule has 1 fully saturated rings. The maximum absolute atomic E-state index is 12.6. The summed E-state index contributed by atoms with van der Waals surface area (Å²) in [6.45, 7) is 1.61. The van der Waals surface area contributed by atoms with Crippen LogP contribution in [0.3, 0.4) is 0 Å². The number of carbonyl (C=O) groups is 2. The highest BCUT2D eigenvalue weighted by Crippen LogP contribution is 2.14. The Hall–Kier alpha value is -2.37. The van der Waals surface area contributed by atoms with Crippen LogP contribution in [-0.2, 0) is 22.6 Å². The van der Waals surface area contributed by atoms with Gasteiger partial charge in [-0.1, -0.05) is 54.1 Å². The van der Waals surface area contributed by atoms with Gasteiger partial charge in [0.05, 0.1) is 12.6 Å². The topological polar surface area (TPSA) is 66.6 Å². The Morgan fingerprint density at radius 2 is 1.73 bits per heavy atom. The van der Waals surface area contributed by atoms with Gasteiger partial charge in [-0.25, -0.2) is 0 Å². The molecule has 6 heteroatoms. The predicted octanol–water partition coefficient (Wildman–Crippen LogP) is 2.08. The molecule has 2 N–H and O–H groups in total. The molecule has 26 heavy (non-hydrogen) atoms. The minimum atomic E-state index is -0.631. The Bertz CT molecular complexity index is 764. The highest BCUT2D eigenvalue weighted by molar-refractivity contribution is 6.30. The standard InChI is InChI=1S/C20H22ClN3O2/c21-17-8-6-16(7-9-17)13-23-10-11-24(14-19(23)25)20(26)18(22)12-15-4-2-1-3-5-15/h1-9,18H,10-14,22H2/t18-/m0/s1. The van der Waals surface area contributed by atoms with Crippen molar-refractivity contribution < 1.29 is 9.59 Å². The van der Waals surface area contributed by atoms with Crippen LogP contribution >= 0.6 is 11.6 Å². The second-order valence-corrected chi connectivity index (χ2v) is 6.93. The molecule has 0 aromatic heterocycles. The highest BCUT2D eigenvalue weighted by atomic mass is 35.5. The first-order chi connectivity index (χ1) is 12.5. The Morgan fingerprint density at radius 3 is 2.38 bits per heavy atom. The Balaban J connectivity index is 1.55. The van der Waals surface area contributed by atoms with Gasteiger partial charge in [-0.3, -0.25) is 9.59 Å². The predicted molar refractivity (Wildman–Crippen MR) is 102 cm³/mol. The van der Waals surface area contributed by atoms with Gasteiger partial charge in [-0.05, 0) is 29.7 Å². The molecule has 1 saturated heterocycles. The lowest BCUT2D eigenvalue weighted by atomic mass is 10.1. The van der Waals surface area contributed by atoms with E-state index in [9.17, 15) is 9.59 Å². The van der Waals surface area contributed by atoms with Crippen LogP contribution in [0.15, 0.2) is 54.6 Å². The first kappa shape index (κ1) is 18.4. The summed E-state index contributed by atoms with van der Waals surface area (Å²) in [5.41, 5.74) is 8.10. The maximum Gasteiger partial charge on any atom is 0.242 e. The fraction of sp³-hybridized carbons (Fsp3) is 0.300. The average Bonchev–Trinajstić information content (AvgIpc) is 2.65. The molecule has 3 rings (SSSR count). The van der Waals surface area contributed by atoms with E-state index >= 15 is 0 Å². The molecule has 0 aliphatic carbocycles. The van der Waals surface area contributed by atoms with Gasteiger partial charge in [0.15, 0.2) is 0 Å². The normalized spacial score (nSPS) is 15.8. The molecule has 0 saturated carbocycles. The number of piperazine rings is 1. The van der Waals surface area contributed by atoms with Crippen molar-refractivity contribution >= 4 is 23.4 Å². The number of carbonyl (C=O) groups excluding carboxylic acids is 2. The fourth-order valence-electron chi connectivity index (χ4n) is 3.06. The largest absolute Gasteiger partial charge is 0.335 e. The van der Waals surface area contributed by atoms with Crippen molar-refractivity contribution in [1.82, 2.24) is 9.80 Å². The SMILES string of the molecule is N[C@@H](Cc1ccccc1)C(=O)N1CCN(Cc2ccc(Cl)cc2)C(=O)C1. The van der Waals surface area contributed by atoms with E-state index in [0.29, 0.717) is 31.1 Å². The number of nitrogens with two attached hydrogens (primary N) is 1. The summed E-state index contributed by atoms with van der Waals surface area (Å²) in [6.07, 6.45) is 0.471. The second-order valence-electron chi connectivity index (χ2n) is 6.50. The number of rotatable bonds is 5. The number of benzene rings is 2. The summed E-state index contributed by atoms with van der Waals surface area (Å²) in [5, 5.41) is 0.669. The molecule has 0 bridgehead atoms. The molecule has 0 spiro atoms. The van der Waals surface area contributed by atoms with Gasteiger partial charge in [0, 0.05) is 24.7 Å². The smallest absolute Gasteiger partial charge is 0.242 e. The van der Waals surface area contributed by atoms with E-state index in [0.717, 1.165) is 11.1 Å². The lowest BCUT2D eigenvalue weighted by Gasteiger charge is -2.35. The minimum Gasteiger partial charge on any atom is -0.335 e. The zero-order chi connectivity index (χ0) is 18.5. The van der Waals surface area contributed by atoms with Crippen molar-refractivity contribution in [3.63, 3.8) is 0 Å². The van der Waals surface area contributed by atoms with Gasteiger partial charge in [0.2, 0.25) is 11.8 Å². The van der Waals surface area contributed by atoms with Gasteiger partial charge in [0.25, 0.3) is 0 Å². The van der Waals surface area contributed by atoms with Crippen LogP contribution in [0, 0.1) is 0 Å². The van der Waals surface area contributed by atoms with Crippen molar-refractivity contribution in [2.24, 2.45) is 5.73 Å². The van der Waals surface area contributed by atoms with Crippen molar-refractivity contribution in [2.75, 3.05) is 19.6 Å². The van der Waals surface area contributed by atoms with E-state index in [1.54, 1.807) is 9.80 Å². The van der Waals surface area contributed by atoms with Gasteiger partial charge >= 0.3 is 0 Å². The average molecular weight is 372 g/mol. The van der Waals surface area contributed by atoms with E-state index in [1.807, 2.05) is 54.6 Å². The summed E-state index contributed by atoms with van der Waals surface area (Å²) >= 11 is 5.89. The quantitative estimate of drug-likeness (QED) is 0.875. The molecular formula is C20H22ClN3O2. The van der Waals surface area contributed by atoms with E-state index in [-0.39, 0.29) is 18.4 Å². The zero-order valence-electron chi connectivity index (χ0n) is 14.5. The van der Waals surface area contributed by atoms with Crippen LogP contribution in [-0.4, -0.2) is 47.3 Å². The summed E-state index contributed by atoms with van der Waals surface area (Å²) in [5.74, 6) is -0.236. The maximum atomic E-state index is 12.6. The first-order valence-electron chi connectivity index (χ1n) is 8.63. The van der Waals surface area contributed by atoms with Gasteiger partial charge < -0.3 is 15.5 Å². The molecule has 1 aliphatic heterocycles. The number of amides is 2. The number of halogens is 1. The second kappa shape index (κ2) is 8.34. The third-order valence-corrected chi connectivity index (χ3v) is 4.78. The molecule has 1 atom stereocenters. The fourth-order valence-corrected chi connectivity index (χ4v) is 3.19. The van der Waals surface area contributed by atoms with Crippen LogP contribution in [0.2, 0.25) is 5.02 Å². The molecule has 2 aromatic rings. The minimum absolute atomic E-state index is 0.0635. The third kappa shape index (κ3) is 4.62. The van der Waals surface area contributed by atoms with Gasteiger partial charge in [-0.2, -0.15) is 0 Å². The third-order valence-electron chi connectivity index (χ3n) is 4.53. The summed E-state index contributed by atoms with van der Waals surface area (Å²) in [4.78, 5) is 28.3. The van der Waals surface area contributed by atoms with E-state index in [1.165, 1.54) is 0 Å². The molecular weight excluding hydrogens is 350 g/mol. The Labute approximate surface area is 158 Å². The van der Waals surface area contributed by atoms with Crippen molar-refractivity contribution in [3.05, 3.63) is 70.7 Å². The zero-order valence-corrected chi connectivity index (χ0v) is 15.2. The summed E-state index contributed by atoms with van der Waals surface area (Å²) < 4.78 is 0. The van der Waals surface area contributed by atoms with Crippen LogP contribution in [0.4, 0.5) is 0 Å².